The Morgan fingerprint density at radius 3 is 2.35 bits per heavy atom. The van der Waals surface area contributed by atoms with E-state index < -0.39 is 15.9 Å². The van der Waals surface area contributed by atoms with E-state index in [0.29, 0.717) is 39.9 Å². The topological polar surface area (TPSA) is 97.3 Å². The fourth-order valence-electron chi connectivity index (χ4n) is 2.87. The zero-order chi connectivity index (χ0) is 24.7. The summed E-state index contributed by atoms with van der Waals surface area (Å²) in [5.74, 6) is 0.660. The van der Waals surface area contributed by atoms with E-state index in [1.54, 1.807) is 42.5 Å². The number of methoxy groups -OCH3 is 1. The molecule has 3 aromatic carbocycles. The predicted octanol–water partition coefficient (Wildman–Crippen LogP) is 4.09. The Morgan fingerprint density at radius 1 is 1.06 bits per heavy atom. The predicted molar refractivity (Wildman–Crippen MR) is 134 cm³/mol. The van der Waals surface area contributed by atoms with Crippen LogP contribution in [-0.2, 0) is 16.6 Å². The number of halogens is 1. The van der Waals surface area contributed by atoms with Crippen LogP contribution in [0.25, 0.3) is 0 Å². The van der Waals surface area contributed by atoms with Gasteiger partial charge in [0.05, 0.1) is 25.3 Å². The molecule has 0 aliphatic rings. The van der Waals surface area contributed by atoms with Gasteiger partial charge >= 0.3 is 0 Å². The molecule has 0 radical (unpaired) electrons. The summed E-state index contributed by atoms with van der Waals surface area (Å²) in [5.41, 5.74) is 4.90. The number of hydrogen-bond donors (Lipinski definition) is 1. The van der Waals surface area contributed by atoms with Crippen molar-refractivity contribution < 1.29 is 22.7 Å². The van der Waals surface area contributed by atoms with Crippen molar-refractivity contribution in [2.45, 2.75) is 6.61 Å². The number of nitrogens with zero attached hydrogens (tertiary/aromatic N) is 2. The molecule has 0 aliphatic carbocycles. The number of carbonyl (C=O) groups is 1. The highest BCUT2D eigenvalue weighted by Crippen LogP contribution is 2.28. The molecular formula is C24H24ClN3O5S. The van der Waals surface area contributed by atoms with Gasteiger partial charge in [-0.25, -0.2) is 13.8 Å². The first-order valence-electron chi connectivity index (χ1n) is 10.1. The lowest BCUT2D eigenvalue weighted by molar-refractivity contribution is 0.0955. The molecule has 0 heterocycles. The zero-order valence-corrected chi connectivity index (χ0v) is 20.4. The van der Waals surface area contributed by atoms with E-state index in [-0.39, 0.29) is 0 Å². The Morgan fingerprint density at radius 2 is 1.74 bits per heavy atom. The Labute approximate surface area is 203 Å². The fraction of sp³-hybridized carbons (Fsp3) is 0.167. The van der Waals surface area contributed by atoms with Crippen molar-refractivity contribution in [1.29, 1.82) is 0 Å². The number of amides is 1. The first-order valence-corrected chi connectivity index (χ1v) is 12.3. The molecule has 0 fully saturated rings. The highest BCUT2D eigenvalue weighted by molar-refractivity contribution is 7.92. The molecule has 178 valence electrons. The number of hydrogen-bond acceptors (Lipinski definition) is 6. The van der Waals surface area contributed by atoms with Gasteiger partial charge in [0.25, 0.3) is 5.91 Å². The minimum atomic E-state index is -3.38. The molecule has 1 amide bonds. The number of anilines is 1. The molecule has 0 aromatic heterocycles. The van der Waals surface area contributed by atoms with Crippen LogP contribution in [0, 0.1) is 0 Å². The van der Waals surface area contributed by atoms with Gasteiger partial charge in [-0.2, -0.15) is 5.10 Å². The van der Waals surface area contributed by atoms with E-state index in [4.69, 9.17) is 21.1 Å². The zero-order valence-electron chi connectivity index (χ0n) is 18.9. The van der Waals surface area contributed by atoms with E-state index in [1.165, 1.54) is 32.5 Å². The lowest BCUT2D eigenvalue weighted by Crippen LogP contribution is -2.25. The first kappa shape index (κ1) is 25.1. The quantitative estimate of drug-likeness (QED) is 0.352. The third kappa shape index (κ3) is 6.72. The number of ether oxygens (including phenoxy) is 2. The third-order valence-electron chi connectivity index (χ3n) is 4.87. The molecule has 0 saturated heterocycles. The van der Waals surface area contributed by atoms with Gasteiger partial charge in [0, 0.05) is 17.6 Å². The monoisotopic (exact) mass is 501 g/mol. The number of hydrazone groups is 1. The lowest BCUT2D eigenvalue weighted by Gasteiger charge is -2.16. The average molecular weight is 502 g/mol. The molecule has 0 unspecified atom stereocenters. The Kier molecular flexibility index (Phi) is 8.14. The van der Waals surface area contributed by atoms with E-state index in [1.807, 2.05) is 12.1 Å². The van der Waals surface area contributed by atoms with Gasteiger partial charge < -0.3 is 9.47 Å². The lowest BCUT2D eigenvalue weighted by atomic mass is 10.2. The minimum Gasteiger partial charge on any atom is -0.493 e. The summed E-state index contributed by atoms with van der Waals surface area (Å²) >= 11 is 5.90. The van der Waals surface area contributed by atoms with Crippen LogP contribution < -0.4 is 19.2 Å². The minimum absolute atomic E-state index is 0.339. The van der Waals surface area contributed by atoms with Crippen LogP contribution in [-0.4, -0.2) is 41.0 Å². The molecule has 10 heteroatoms. The second-order valence-electron chi connectivity index (χ2n) is 7.30. The van der Waals surface area contributed by atoms with Crippen molar-refractivity contribution in [3.05, 3.63) is 88.4 Å². The maximum absolute atomic E-state index is 12.3. The van der Waals surface area contributed by atoms with Crippen LogP contribution in [0.2, 0.25) is 5.02 Å². The third-order valence-corrected chi connectivity index (χ3v) is 6.32. The molecular weight excluding hydrogens is 478 g/mol. The van der Waals surface area contributed by atoms with Crippen molar-refractivity contribution in [2.75, 3.05) is 24.7 Å². The van der Waals surface area contributed by atoms with Gasteiger partial charge in [-0.1, -0.05) is 23.7 Å². The average Bonchev–Trinajstić information content (AvgIpc) is 2.83. The Hall–Kier alpha value is -3.56. The van der Waals surface area contributed by atoms with Crippen molar-refractivity contribution in [3.63, 3.8) is 0 Å². The van der Waals surface area contributed by atoms with E-state index in [2.05, 4.69) is 10.5 Å². The summed E-state index contributed by atoms with van der Waals surface area (Å²) < 4.78 is 35.6. The summed E-state index contributed by atoms with van der Waals surface area (Å²) in [5, 5.41) is 4.64. The van der Waals surface area contributed by atoms with Crippen molar-refractivity contribution >= 4 is 39.4 Å². The van der Waals surface area contributed by atoms with Crippen molar-refractivity contribution in [3.8, 4) is 11.5 Å². The van der Waals surface area contributed by atoms with Crippen molar-refractivity contribution in [1.82, 2.24) is 5.43 Å². The first-order chi connectivity index (χ1) is 16.2. The van der Waals surface area contributed by atoms with E-state index in [0.717, 1.165) is 16.1 Å². The van der Waals surface area contributed by atoms with E-state index in [9.17, 15) is 13.2 Å². The Bertz CT molecular complexity index is 1280. The van der Waals surface area contributed by atoms with Crippen LogP contribution in [0.1, 0.15) is 21.5 Å². The van der Waals surface area contributed by atoms with Crippen LogP contribution in [0.5, 0.6) is 11.5 Å². The number of sulfonamides is 1. The molecule has 0 saturated carbocycles. The summed E-state index contributed by atoms with van der Waals surface area (Å²) in [6.45, 7) is 0.357. The second kappa shape index (κ2) is 11.0. The van der Waals surface area contributed by atoms with Crippen LogP contribution in [0.3, 0.4) is 0 Å². The van der Waals surface area contributed by atoms with Gasteiger partial charge in [0.15, 0.2) is 11.5 Å². The molecule has 1 N–H and O–H groups in total. The van der Waals surface area contributed by atoms with Crippen LogP contribution in [0.15, 0.2) is 71.8 Å². The number of carbonyl (C=O) groups excluding carboxylic acids is 1. The van der Waals surface area contributed by atoms with Gasteiger partial charge in [0.1, 0.15) is 6.61 Å². The molecule has 0 aliphatic heterocycles. The van der Waals surface area contributed by atoms with Gasteiger partial charge in [-0.3, -0.25) is 9.10 Å². The maximum atomic E-state index is 12.3. The number of rotatable bonds is 9. The normalized spacial score (nSPS) is 11.3. The van der Waals surface area contributed by atoms with Crippen LogP contribution in [0.4, 0.5) is 5.69 Å². The summed E-state index contributed by atoms with van der Waals surface area (Å²) in [6.07, 6.45) is 2.59. The summed E-state index contributed by atoms with van der Waals surface area (Å²) in [4.78, 5) is 12.3. The molecule has 8 nitrogen and oxygen atoms in total. The highest BCUT2D eigenvalue weighted by Gasteiger charge is 2.13. The van der Waals surface area contributed by atoms with Crippen molar-refractivity contribution in [2.24, 2.45) is 5.10 Å². The highest BCUT2D eigenvalue weighted by atomic mass is 35.5. The summed E-state index contributed by atoms with van der Waals surface area (Å²) in [7, 11) is -0.396. The van der Waals surface area contributed by atoms with Gasteiger partial charge in [0.2, 0.25) is 10.0 Å². The largest absolute Gasteiger partial charge is 0.493 e. The molecule has 3 aromatic rings. The molecule has 0 bridgehead atoms. The van der Waals surface area contributed by atoms with E-state index >= 15 is 0 Å². The standard InChI is InChI=1S/C24H24ClN3O5S/c1-28(34(3,30)31)21-11-7-19(8-12-21)24(29)27-26-15-18-6-13-22(23(14-18)32-2)33-16-17-4-9-20(25)10-5-17/h4-15H,16H2,1-3H3,(H,27,29)/b26-15-. The summed E-state index contributed by atoms with van der Waals surface area (Å²) in [6, 6.07) is 18.8. The number of benzene rings is 3. The van der Waals surface area contributed by atoms with Gasteiger partial charge in [-0.15, -0.1) is 0 Å². The fourth-order valence-corrected chi connectivity index (χ4v) is 3.50. The molecule has 34 heavy (non-hydrogen) atoms. The Balaban J connectivity index is 1.60. The SMILES string of the molecule is COc1cc(/C=N\NC(=O)c2ccc(N(C)S(C)(=O)=O)cc2)ccc1OCc1ccc(Cl)cc1. The second-order valence-corrected chi connectivity index (χ2v) is 9.75. The molecule has 0 spiro atoms. The molecule has 3 rings (SSSR count). The number of nitrogens with one attached hydrogen (secondary N) is 1. The van der Waals surface area contributed by atoms with Gasteiger partial charge in [-0.05, 0) is 65.7 Å². The molecule has 0 atom stereocenters. The van der Waals surface area contributed by atoms with Crippen LogP contribution >= 0.6 is 11.6 Å². The smallest absolute Gasteiger partial charge is 0.271 e. The maximum Gasteiger partial charge on any atom is 0.271 e.